The zero-order valence-electron chi connectivity index (χ0n) is 20.8. The van der Waals surface area contributed by atoms with Crippen molar-refractivity contribution in [2.75, 3.05) is 13.2 Å². The van der Waals surface area contributed by atoms with E-state index in [1.807, 2.05) is 79.7 Å². The summed E-state index contributed by atoms with van der Waals surface area (Å²) in [6, 6.07) is 22.0. The summed E-state index contributed by atoms with van der Waals surface area (Å²) in [6.07, 6.45) is -0.259. The van der Waals surface area contributed by atoms with Gasteiger partial charge in [-0.25, -0.2) is 4.79 Å². The molecular formula is C30H31NO6. The molecule has 2 aliphatic rings. The average Bonchev–Trinajstić information content (AvgIpc) is 3.44. The van der Waals surface area contributed by atoms with E-state index in [1.54, 1.807) is 0 Å². The van der Waals surface area contributed by atoms with E-state index >= 15 is 0 Å². The van der Waals surface area contributed by atoms with Crippen LogP contribution in [-0.4, -0.2) is 47.2 Å². The van der Waals surface area contributed by atoms with Crippen molar-refractivity contribution < 1.29 is 28.9 Å². The van der Waals surface area contributed by atoms with Crippen LogP contribution in [0, 0.1) is 6.92 Å². The summed E-state index contributed by atoms with van der Waals surface area (Å²) >= 11 is 0. The molecule has 0 aliphatic carbocycles. The number of carboxylic acid groups (broad SMARTS) is 1. The largest absolute Gasteiger partial charge is 0.488 e. The topological polar surface area (TPSA) is 85.3 Å². The molecule has 2 heterocycles. The molecule has 3 atom stereocenters. The smallest absolute Gasteiger partial charge is 0.326 e. The van der Waals surface area contributed by atoms with Gasteiger partial charge in [-0.05, 0) is 35.6 Å². The van der Waals surface area contributed by atoms with Crippen LogP contribution < -0.4 is 4.74 Å². The van der Waals surface area contributed by atoms with Crippen LogP contribution in [0.4, 0.5) is 0 Å². The number of hydrogen-bond donors (Lipinski definition) is 1. The predicted octanol–water partition coefficient (Wildman–Crippen LogP) is 4.46. The molecule has 0 bridgehead atoms. The molecule has 0 spiro atoms. The van der Waals surface area contributed by atoms with Crippen molar-refractivity contribution in [1.82, 2.24) is 4.90 Å². The molecule has 0 unspecified atom stereocenters. The summed E-state index contributed by atoms with van der Waals surface area (Å²) < 4.78 is 17.9. The van der Waals surface area contributed by atoms with Gasteiger partial charge in [0.15, 0.2) is 6.10 Å². The zero-order chi connectivity index (χ0) is 25.8. The SMILES string of the molecule is Cc1ccc2c(c1OCc1ccccc1)C[C@@H](C(=O)O)N(C(=O)[C@@H](O[C@H]1CCOC1)c1ccccc1)C2. The maximum absolute atomic E-state index is 13.9. The summed E-state index contributed by atoms with van der Waals surface area (Å²) in [5.41, 5.74) is 4.39. The van der Waals surface area contributed by atoms with E-state index in [4.69, 9.17) is 14.2 Å². The Bertz CT molecular complexity index is 1240. The lowest BCUT2D eigenvalue weighted by atomic mass is 9.90. The number of fused-ring (bicyclic) bond motifs is 1. The molecule has 0 saturated carbocycles. The lowest BCUT2D eigenvalue weighted by Gasteiger charge is -2.37. The van der Waals surface area contributed by atoms with Gasteiger partial charge in [0, 0.05) is 25.1 Å². The Kier molecular flexibility index (Phi) is 7.53. The van der Waals surface area contributed by atoms with Crippen LogP contribution in [0.3, 0.4) is 0 Å². The highest BCUT2D eigenvalue weighted by atomic mass is 16.6. The van der Waals surface area contributed by atoms with Crippen LogP contribution in [0.25, 0.3) is 0 Å². The van der Waals surface area contributed by atoms with Crippen molar-refractivity contribution in [3.63, 3.8) is 0 Å². The van der Waals surface area contributed by atoms with E-state index in [-0.39, 0.29) is 25.0 Å². The Hall–Kier alpha value is -3.68. The first-order chi connectivity index (χ1) is 18.0. The summed E-state index contributed by atoms with van der Waals surface area (Å²) in [7, 11) is 0. The van der Waals surface area contributed by atoms with Gasteiger partial charge in [0.25, 0.3) is 5.91 Å². The number of rotatable bonds is 8. The molecule has 1 fully saturated rings. The highest BCUT2D eigenvalue weighted by Gasteiger charge is 2.40. The molecular weight excluding hydrogens is 470 g/mol. The van der Waals surface area contributed by atoms with Crippen LogP contribution in [0.1, 0.15) is 40.3 Å². The van der Waals surface area contributed by atoms with Crippen molar-refractivity contribution in [2.24, 2.45) is 0 Å². The van der Waals surface area contributed by atoms with Crippen LogP contribution in [0.15, 0.2) is 72.8 Å². The second kappa shape index (κ2) is 11.2. The van der Waals surface area contributed by atoms with Crippen LogP contribution in [0.5, 0.6) is 5.75 Å². The number of aryl methyl sites for hydroxylation is 1. The summed E-state index contributed by atoms with van der Waals surface area (Å²) in [5, 5.41) is 10.2. The molecule has 0 aromatic heterocycles. The molecule has 7 nitrogen and oxygen atoms in total. The number of carbonyl (C=O) groups excluding carboxylic acids is 1. The van der Waals surface area contributed by atoms with Gasteiger partial charge < -0.3 is 24.2 Å². The molecule has 3 aromatic rings. The molecule has 1 saturated heterocycles. The van der Waals surface area contributed by atoms with Gasteiger partial charge in [-0.3, -0.25) is 4.79 Å². The number of carboxylic acids is 1. The summed E-state index contributed by atoms with van der Waals surface area (Å²) in [6.45, 7) is 3.51. The molecule has 37 heavy (non-hydrogen) atoms. The molecule has 0 radical (unpaired) electrons. The molecule has 3 aromatic carbocycles. The minimum atomic E-state index is -1.05. The first-order valence-electron chi connectivity index (χ1n) is 12.6. The number of ether oxygens (including phenoxy) is 3. The number of benzene rings is 3. The third kappa shape index (κ3) is 5.53. The van der Waals surface area contributed by atoms with Crippen LogP contribution >= 0.6 is 0 Å². The van der Waals surface area contributed by atoms with Gasteiger partial charge in [0.2, 0.25) is 0 Å². The molecule has 192 valence electrons. The third-order valence-corrected chi connectivity index (χ3v) is 7.01. The number of nitrogens with zero attached hydrogens (tertiary/aromatic N) is 1. The fourth-order valence-electron chi connectivity index (χ4n) is 5.01. The standard InChI is InChI=1S/C30H31NO6/c1-20-12-13-23-17-31(29(32)28(22-10-6-3-7-11-22)37-24-14-15-35-19-24)26(30(33)34)16-25(23)27(20)36-18-21-8-4-2-5-9-21/h2-13,24,26,28H,14-19H2,1H3,(H,33,34)/t24-,26-,28-/m0/s1. The minimum absolute atomic E-state index is 0.163. The lowest BCUT2D eigenvalue weighted by Crippen LogP contribution is -2.51. The Labute approximate surface area is 216 Å². The van der Waals surface area contributed by atoms with Crippen molar-refractivity contribution >= 4 is 11.9 Å². The zero-order valence-corrected chi connectivity index (χ0v) is 20.8. The average molecular weight is 502 g/mol. The Balaban J connectivity index is 1.44. The highest BCUT2D eigenvalue weighted by Crippen LogP contribution is 2.36. The molecule has 1 amide bonds. The Morgan fingerprint density at radius 1 is 1.05 bits per heavy atom. The van der Waals surface area contributed by atoms with Crippen LogP contribution in [-0.2, 0) is 38.6 Å². The van der Waals surface area contributed by atoms with E-state index < -0.39 is 18.1 Å². The second-order valence-corrected chi connectivity index (χ2v) is 9.56. The van der Waals surface area contributed by atoms with E-state index in [9.17, 15) is 14.7 Å². The first-order valence-corrected chi connectivity index (χ1v) is 12.6. The highest BCUT2D eigenvalue weighted by molar-refractivity contribution is 5.88. The Morgan fingerprint density at radius 3 is 2.46 bits per heavy atom. The third-order valence-electron chi connectivity index (χ3n) is 7.01. The van der Waals surface area contributed by atoms with E-state index in [0.29, 0.717) is 37.6 Å². The predicted molar refractivity (Wildman–Crippen MR) is 137 cm³/mol. The second-order valence-electron chi connectivity index (χ2n) is 9.56. The molecule has 5 rings (SSSR count). The van der Waals surface area contributed by atoms with Gasteiger partial charge >= 0.3 is 5.97 Å². The normalized spacial score (nSPS) is 19.8. The maximum Gasteiger partial charge on any atom is 0.326 e. The van der Waals surface area contributed by atoms with Crippen LogP contribution in [0.2, 0.25) is 0 Å². The molecule has 2 aliphatic heterocycles. The first kappa shape index (κ1) is 25.0. The quantitative estimate of drug-likeness (QED) is 0.491. The lowest BCUT2D eigenvalue weighted by molar-refractivity contribution is -0.160. The monoisotopic (exact) mass is 501 g/mol. The van der Waals surface area contributed by atoms with Gasteiger partial charge in [-0.1, -0.05) is 72.8 Å². The number of carbonyl (C=O) groups is 2. The van der Waals surface area contributed by atoms with Gasteiger partial charge in [-0.15, -0.1) is 0 Å². The van der Waals surface area contributed by atoms with E-state index in [1.165, 1.54) is 4.90 Å². The summed E-state index contributed by atoms with van der Waals surface area (Å²) in [4.78, 5) is 27.8. The van der Waals surface area contributed by atoms with E-state index in [2.05, 4.69) is 0 Å². The maximum atomic E-state index is 13.9. The van der Waals surface area contributed by atoms with Gasteiger partial charge in [-0.2, -0.15) is 0 Å². The van der Waals surface area contributed by atoms with Crippen molar-refractivity contribution in [3.8, 4) is 5.75 Å². The fourth-order valence-corrected chi connectivity index (χ4v) is 5.01. The Morgan fingerprint density at radius 2 is 1.78 bits per heavy atom. The summed E-state index contributed by atoms with van der Waals surface area (Å²) in [5.74, 6) is -0.715. The fraction of sp³-hybridized carbons (Fsp3) is 0.333. The number of amides is 1. The van der Waals surface area contributed by atoms with Crippen molar-refractivity contribution in [1.29, 1.82) is 0 Å². The minimum Gasteiger partial charge on any atom is -0.488 e. The van der Waals surface area contributed by atoms with Crippen molar-refractivity contribution in [3.05, 3.63) is 101 Å². The number of hydrogen-bond acceptors (Lipinski definition) is 5. The molecule has 7 heteroatoms. The number of aliphatic carboxylic acids is 1. The molecule has 1 N–H and O–H groups in total. The van der Waals surface area contributed by atoms with Gasteiger partial charge in [0.05, 0.1) is 12.7 Å². The van der Waals surface area contributed by atoms with E-state index in [0.717, 1.165) is 22.3 Å². The van der Waals surface area contributed by atoms with Gasteiger partial charge in [0.1, 0.15) is 18.4 Å². The van der Waals surface area contributed by atoms with Crippen molar-refractivity contribution in [2.45, 2.75) is 51.2 Å².